The van der Waals surface area contributed by atoms with Crippen LogP contribution in [0.5, 0.6) is 0 Å². The molecule has 0 aliphatic heterocycles. The van der Waals surface area contributed by atoms with Gasteiger partial charge < -0.3 is 0 Å². The first-order valence-corrected chi connectivity index (χ1v) is 18.8. The summed E-state index contributed by atoms with van der Waals surface area (Å²) in [5.74, 6) is -1.87. The first kappa shape index (κ1) is 36.0. The van der Waals surface area contributed by atoms with Gasteiger partial charge in [0.1, 0.15) is 0 Å². The van der Waals surface area contributed by atoms with Gasteiger partial charge >= 0.3 is 0 Å². The van der Waals surface area contributed by atoms with Crippen molar-refractivity contribution in [3.05, 3.63) is 46.5 Å². The minimum absolute atomic E-state index is 0.202. The molecular formula is C40H64F3P. The molecule has 0 radical (unpaired) electrons. The molecule has 0 aromatic heterocycles. The molecule has 1 aromatic rings. The van der Waals surface area contributed by atoms with Crippen LogP contribution in [0.4, 0.5) is 13.2 Å². The summed E-state index contributed by atoms with van der Waals surface area (Å²) in [4.78, 5) is 0. The van der Waals surface area contributed by atoms with Gasteiger partial charge in [0, 0.05) is 18.3 Å². The summed E-state index contributed by atoms with van der Waals surface area (Å²) in [6, 6.07) is 8.95. The number of benzene rings is 1. The van der Waals surface area contributed by atoms with Crippen molar-refractivity contribution in [2.24, 2.45) is 39.4 Å². The van der Waals surface area contributed by atoms with Crippen LogP contribution >= 0.6 is 9.24 Å². The van der Waals surface area contributed by atoms with Crippen LogP contribution in [0, 0.1) is 46.3 Å². The van der Waals surface area contributed by atoms with Gasteiger partial charge in [0.2, 0.25) is 0 Å². The fourth-order valence-corrected chi connectivity index (χ4v) is 11.3. The van der Waals surface area contributed by atoms with Crippen molar-refractivity contribution in [2.75, 3.05) is 0 Å². The monoisotopic (exact) mass is 632 g/mol. The number of fused-ring (bicyclic) bond motifs is 4. The Balaban J connectivity index is 0.00000106. The van der Waals surface area contributed by atoms with Gasteiger partial charge in [-0.25, -0.2) is 13.2 Å². The van der Waals surface area contributed by atoms with E-state index in [1.807, 2.05) is 43.9 Å². The van der Waals surface area contributed by atoms with Gasteiger partial charge in [0.25, 0.3) is 5.92 Å². The third-order valence-electron chi connectivity index (χ3n) is 13.8. The fraction of sp³-hybridized carbons (Fsp3) is 0.800. The van der Waals surface area contributed by atoms with Crippen molar-refractivity contribution in [2.45, 2.75) is 164 Å². The molecule has 0 heterocycles. The normalized spacial score (nSPS) is 36.9. The number of aryl methyl sites for hydroxylation is 1. The summed E-state index contributed by atoms with van der Waals surface area (Å²) in [7, 11) is 2.02. The molecule has 0 amide bonds. The molecule has 0 saturated heterocycles. The maximum absolute atomic E-state index is 16.4. The Labute approximate surface area is 271 Å². The lowest BCUT2D eigenvalue weighted by atomic mass is 9.46. The zero-order chi connectivity index (χ0) is 32.9. The lowest BCUT2D eigenvalue weighted by Crippen LogP contribution is -2.58. The smallest absolute Gasteiger partial charge is 0.232 e. The van der Waals surface area contributed by atoms with Crippen molar-refractivity contribution in [3.63, 3.8) is 0 Å². The standard InChI is InChI=1S/C36H52F3P.2C2H6/c1-23-7-9-24(10-8-23)28-22-32(4)29(14-15-33(32,5)36(39,40)34(6,37)38)27-12-11-25-21-35(16-13-26(25)30(27)28)19-17-31(2,3)18-20-35;2*1-2/h7-10,25,27-29H,11-22,40H2,1-6H3;2*1-2H3/t25?,27?,28?,29?,32?,33-,36?;;/m1../s1. The Morgan fingerprint density at radius 1 is 0.773 bits per heavy atom. The minimum atomic E-state index is -3.41. The first-order valence-electron chi connectivity index (χ1n) is 18.2. The molecular weight excluding hydrogens is 568 g/mol. The van der Waals surface area contributed by atoms with Crippen LogP contribution in [0.15, 0.2) is 35.4 Å². The summed E-state index contributed by atoms with van der Waals surface area (Å²) in [5.41, 5.74) is 5.35. The molecule has 4 saturated carbocycles. The Kier molecular flexibility index (Phi) is 10.4. The highest BCUT2D eigenvalue weighted by Crippen LogP contribution is 2.75. The second kappa shape index (κ2) is 12.7. The largest absolute Gasteiger partial charge is 0.282 e. The number of halogens is 3. The molecule has 0 N–H and O–H groups in total. The molecule has 44 heavy (non-hydrogen) atoms. The van der Waals surface area contributed by atoms with E-state index in [0.29, 0.717) is 29.1 Å². The maximum Gasteiger partial charge on any atom is 0.282 e. The number of allylic oxidation sites excluding steroid dienone is 2. The van der Waals surface area contributed by atoms with Gasteiger partial charge in [-0.15, -0.1) is 0 Å². The van der Waals surface area contributed by atoms with Crippen molar-refractivity contribution >= 4 is 9.24 Å². The molecule has 0 nitrogen and oxygen atoms in total. The van der Waals surface area contributed by atoms with Gasteiger partial charge in [0.05, 0.1) is 0 Å². The van der Waals surface area contributed by atoms with E-state index in [-0.39, 0.29) is 11.8 Å². The van der Waals surface area contributed by atoms with E-state index < -0.39 is 22.2 Å². The molecule has 7 unspecified atom stereocenters. The van der Waals surface area contributed by atoms with E-state index in [9.17, 15) is 8.78 Å². The van der Waals surface area contributed by atoms with Gasteiger partial charge in [-0.1, -0.05) is 106 Å². The van der Waals surface area contributed by atoms with E-state index in [1.54, 1.807) is 11.1 Å². The van der Waals surface area contributed by atoms with E-state index in [1.165, 1.54) is 62.5 Å². The average Bonchev–Trinajstić information content (AvgIpc) is 3.27. The fourth-order valence-electron chi connectivity index (χ4n) is 10.8. The van der Waals surface area contributed by atoms with Crippen molar-refractivity contribution < 1.29 is 13.2 Å². The minimum Gasteiger partial charge on any atom is -0.232 e. The van der Waals surface area contributed by atoms with Gasteiger partial charge in [-0.05, 0) is 124 Å². The zero-order valence-corrected chi connectivity index (χ0v) is 31.0. The summed E-state index contributed by atoms with van der Waals surface area (Å²) >= 11 is 0. The number of alkyl halides is 3. The quantitative estimate of drug-likeness (QED) is 0.230. The highest BCUT2D eigenvalue weighted by Gasteiger charge is 2.72. The van der Waals surface area contributed by atoms with Crippen molar-refractivity contribution in [3.8, 4) is 0 Å². The molecule has 4 fully saturated rings. The van der Waals surface area contributed by atoms with Crippen LogP contribution < -0.4 is 0 Å². The summed E-state index contributed by atoms with van der Waals surface area (Å²) < 4.78 is 46.4. The molecule has 8 atom stereocenters. The summed E-state index contributed by atoms with van der Waals surface area (Å²) in [6.07, 6.45) is 13.8. The molecule has 6 rings (SSSR count). The van der Waals surface area contributed by atoms with E-state index in [0.717, 1.165) is 26.2 Å². The summed E-state index contributed by atoms with van der Waals surface area (Å²) in [5, 5.41) is -2.63. The van der Waals surface area contributed by atoms with Crippen LogP contribution in [0.1, 0.15) is 156 Å². The van der Waals surface area contributed by atoms with Gasteiger partial charge in [0.15, 0.2) is 5.41 Å². The SMILES string of the molecule is CC.CC.Cc1ccc(C2CC3(C)C(CC[C@@]3(C)C(F)(P)C(C)(F)F)C3CCC4CC5(CCC4=C23)CCC(C)(C)CC5)cc1. The lowest BCUT2D eigenvalue weighted by Gasteiger charge is -2.60. The van der Waals surface area contributed by atoms with Gasteiger partial charge in [-0.2, -0.15) is 0 Å². The predicted octanol–water partition coefficient (Wildman–Crippen LogP) is 13.2. The van der Waals surface area contributed by atoms with Crippen LogP contribution in [0.3, 0.4) is 0 Å². The third-order valence-corrected chi connectivity index (χ3v) is 14.9. The molecule has 5 aliphatic rings. The van der Waals surface area contributed by atoms with E-state index in [4.69, 9.17) is 0 Å². The lowest BCUT2D eigenvalue weighted by molar-refractivity contribution is -0.170. The topological polar surface area (TPSA) is 0 Å². The van der Waals surface area contributed by atoms with E-state index in [2.05, 4.69) is 52.0 Å². The molecule has 4 heteroatoms. The first-order chi connectivity index (χ1) is 20.5. The maximum atomic E-state index is 16.4. The zero-order valence-electron chi connectivity index (χ0n) is 29.8. The van der Waals surface area contributed by atoms with Crippen molar-refractivity contribution in [1.82, 2.24) is 0 Å². The second-order valence-corrected chi connectivity index (χ2v) is 17.2. The Morgan fingerprint density at radius 2 is 1.36 bits per heavy atom. The summed E-state index contributed by atoms with van der Waals surface area (Å²) in [6.45, 7) is 19.8. The molecule has 1 spiro atoms. The highest BCUT2D eigenvalue weighted by molar-refractivity contribution is 7.18. The molecule has 1 aromatic carbocycles. The Morgan fingerprint density at radius 3 is 1.93 bits per heavy atom. The Hall–Kier alpha value is -0.820. The highest BCUT2D eigenvalue weighted by atomic mass is 31.0. The van der Waals surface area contributed by atoms with E-state index >= 15 is 4.39 Å². The third kappa shape index (κ3) is 5.79. The number of hydrogen-bond acceptors (Lipinski definition) is 0. The molecule has 250 valence electrons. The van der Waals surface area contributed by atoms with Crippen LogP contribution in [0.25, 0.3) is 0 Å². The predicted molar refractivity (Wildman–Crippen MR) is 186 cm³/mol. The molecule has 0 bridgehead atoms. The van der Waals surface area contributed by atoms with Crippen LogP contribution in [0.2, 0.25) is 0 Å². The number of rotatable bonds is 3. The second-order valence-electron chi connectivity index (χ2n) is 16.4. The van der Waals surface area contributed by atoms with Crippen LogP contribution in [-0.4, -0.2) is 11.3 Å². The average molecular weight is 633 g/mol. The molecule has 5 aliphatic carbocycles. The van der Waals surface area contributed by atoms with Gasteiger partial charge in [-0.3, -0.25) is 0 Å². The van der Waals surface area contributed by atoms with Crippen LogP contribution in [-0.2, 0) is 0 Å². The number of hydrogen-bond donors (Lipinski definition) is 0. The van der Waals surface area contributed by atoms with Crippen molar-refractivity contribution in [1.29, 1.82) is 0 Å². The Bertz CT molecular complexity index is 1160.